The third kappa shape index (κ3) is 4.49. The summed E-state index contributed by atoms with van der Waals surface area (Å²) in [5.74, 6) is -7.21. The Morgan fingerprint density at radius 3 is 2.54 bits per heavy atom. The molecular formula is C25H26ClF5N4O4. The van der Waals surface area contributed by atoms with Gasteiger partial charge < -0.3 is 25.0 Å². The summed E-state index contributed by atoms with van der Waals surface area (Å²) in [6.07, 6.45) is -5.31. The monoisotopic (exact) mass is 576 g/mol. The first-order chi connectivity index (χ1) is 17.9. The minimum atomic E-state index is -4.88. The summed E-state index contributed by atoms with van der Waals surface area (Å²) in [5, 5.41) is 5.68. The Labute approximate surface area is 226 Å². The number of amides is 2. The van der Waals surface area contributed by atoms with Crippen LogP contribution < -0.4 is 15.4 Å². The Bertz CT molecular complexity index is 1310. The number of halogens is 6. The lowest BCUT2D eigenvalue weighted by molar-refractivity contribution is -0.272. The molecule has 0 aliphatic carbocycles. The predicted octanol–water partition coefficient (Wildman–Crippen LogP) is 3.80. The van der Waals surface area contributed by atoms with Crippen molar-refractivity contribution in [3.05, 3.63) is 52.9 Å². The molecule has 2 aromatic rings. The molecule has 14 heteroatoms. The molecule has 0 saturated carbocycles. The number of carbonyl (C=O) groups excluding carboxylic acids is 2. The van der Waals surface area contributed by atoms with Gasteiger partial charge in [-0.05, 0) is 19.1 Å². The Hall–Kier alpha value is -3.03. The van der Waals surface area contributed by atoms with E-state index < -0.39 is 53.0 Å². The van der Waals surface area contributed by atoms with E-state index in [1.807, 2.05) is 0 Å². The topological polar surface area (TPSA) is 92.8 Å². The lowest BCUT2D eigenvalue weighted by Crippen LogP contribution is -2.57. The van der Waals surface area contributed by atoms with Gasteiger partial charge in [0.2, 0.25) is 5.82 Å². The number of fused-ring (bicyclic) bond motifs is 1. The number of rotatable bonds is 5. The van der Waals surface area contributed by atoms with Crippen molar-refractivity contribution in [3.8, 4) is 5.75 Å². The van der Waals surface area contributed by atoms with Crippen molar-refractivity contribution >= 4 is 29.9 Å². The Balaban J connectivity index is 0.00000353. The molecule has 3 aliphatic rings. The first-order valence-corrected chi connectivity index (χ1v) is 12.0. The number of nitrogens with zero attached hydrogens (tertiary/aromatic N) is 2. The number of anilines is 1. The molecule has 2 amide bonds. The van der Waals surface area contributed by atoms with Gasteiger partial charge in [-0.3, -0.25) is 14.6 Å². The summed E-state index contributed by atoms with van der Waals surface area (Å²) >= 11 is 0. The smallest absolute Gasteiger partial charge is 0.417 e. The van der Waals surface area contributed by atoms with Gasteiger partial charge in [0, 0.05) is 47.9 Å². The number of hydrogen-bond acceptors (Lipinski definition) is 6. The third-order valence-electron chi connectivity index (χ3n) is 7.88. The van der Waals surface area contributed by atoms with Gasteiger partial charge >= 0.3 is 6.18 Å². The van der Waals surface area contributed by atoms with Crippen LogP contribution in [0.3, 0.4) is 0 Å². The highest BCUT2D eigenvalue weighted by atomic mass is 35.5. The molecule has 1 aromatic heterocycles. The van der Waals surface area contributed by atoms with E-state index in [1.54, 1.807) is 4.90 Å². The van der Waals surface area contributed by atoms with Crippen LogP contribution in [-0.4, -0.2) is 65.8 Å². The normalized spacial score (nSPS) is 26.6. The second-order valence-corrected chi connectivity index (χ2v) is 9.86. The number of carbonyl (C=O) groups is 2. The van der Waals surface area contributed by atoms with Crippen LogP contribution in [0, 0.1) is 17.6 Å². The average molecular weight is 577 g/mol. The summed E-state index contributed by atoms with van der Waals surface area (Å²) in [4.78, 5) is 32.1. The number of alkyl halides is 3. The van der Waals surface area contributed by atoms with Gasteiger partial charge in [0.1, 0.15) is 11.8 Å². The minimum Gasteiger partial charge on any atom is -0.493 e. The molecule has 0 unspecified atom stereocenters. The first-order valence-electron chi connectivity index (χ1n) is 12.0. The van der Waals surface area contributed by atoms with Crippen molar-refractivity contribution < 1.29 is 41.0 Å². The highest BCUT2D eigenvalue weighted by Crippen LogP contribution is 2.55. The van der Waals surface area contributed by atoms with E-state index in [4.69, 9.17) is 9.47 Å². The largest absolute Gasteiger partial charge is 0.493 e. The maximum atomic E-state index is 14.6. The van der Waals surface area contributed by atoms with E-state index in [2.05, 4.69) is 15.6 Å². The summed E-state index contributed by atoms with van der Waals surface area (Å²) < 4.78 is 81.4. The van der Waals surface area contributed by atoms with Crippen LogP contribution >= 0.6 is 12.4 Å². The van der Waals surface area contributed by atoms with Gasteiger partial charge in [0.25, 0.3) is 11.8 Å². The van der Waals surface area contributed by atoms with Crippen molar-refractivity contribution in [1.82, 2.24) is 15.2 Å². The Morgan fingerprint density at radius 1 is 1.26 bits per heavy atom. The molecule has 0 radical (unpaired) electrons. The molecule has 212 valence electrons. The van der Waals surface area contributed by atoms with Gasteiger partial charge in [0.05, 0.1) is 19.7 Å². The van der Waals surface area contributed by atoms with E-state index in [9.17, 15) is 31.5 Å². The van der Waals surface area contributed by atoms with E-state index >= 15 is 0 Å². The number of hydrogen-bond donors (Lipinski definition) is 2. The van der Waals surface area contributed by atoms with Crippen molar-refractivity contribution in [2.24, 2.45) is 5.92 Å². The fourth-order valence-corrected chi connectivity index (χ4v) is 5.36. The van der Waals surface area contributed by atoms with Crippen molar-refractivity contribution in [2.45, 2.75) is 50.2 Å². The molecule has 1 aromatic carbocycles. The van der Waals surface area contributed by atoms with E-state index in [-0.39, 0.29) is 47.8 Å². The van der Waals surface area contributed by atoms with Crippen molar-refractivity contribution in [1.29, 1.82) is 0 Å². The second kappa shape index (κ2) is 10.2. The van der Waals surface area contributed by atoms with Crippen LogP contribution in [-0.2, 0) is 16.1 Å². The van der Waals surface area contributed by atoms with Crippen molar-refractivity contribution in [3.63, 3.8) is 0 Å². The molecule has 4 atom stereocenters. The molecule has 3 aliphatic heterocycles. The van der Waals surface area contributed by atoms with Gasteiger partial charge in [-0.2, -0.15) is 17.6 Å². The second-order valence-electron chi connectivity index (χ2n) is 9.86. The van der Waals surface area contributed by atoms with Crippen LogP contribution in [0.15, 0.2) is 24.4 Å². The quantitative estimate of drug-likeness (QED) is 0.526. The SMILES string of the molecule is COc1c([C@H]2[C@H](C(=O)Nc3ccnc4c3CN(C3CNC3)C4=O)O[C@@](C)(C(F)(F)F)[C@H]2C)ccc(F)c1F.Cl. The summed E-state index contributed by atoms with van der Waals surface area (Å²) in [7, 11) is 1.06. The highest BCUT2D eigenvalue weighted by molar-refractivity contribution is 6.01. The van der Waals surface area contributed by atoms with E-state index in [0.29, 0.717) is 18.7 Å². The van der Waals surface area contributed by atoms with Crippen LogP contribution in [0.1, 0.15) is 41.4 Å². The number of pyridine rings is 1. The summed E-state index contributed by atoms with van der Waals surface area (Å²) in [6.45, 7) is 3.45. The first kappa shape index (κ1) is 29.0. The molecule has 4 heterocycles. The maximum Gasteiger partial charge on any atom is 0.417 e. The van der Waals surface area contributed by atoms with Crippen LogP contribution in [0.25, 0.3) is 0 Å². The zero-order valence-electron chi connectivity index (χ0n) is 21.1. The molecular weight excluding hydrogens is 551 g/mol. The fraction of sp³-hybridized carbons (Fsp3) is 0.480. The highest BCUT2D eigenvalue weighted by Gasteiger charge is 2.66. The molecule has 0 spiro atoms. The molecule has 2 saturated heterocycles. The zero-order valence-corrected chi connectivity index (χ0v) is 21.9. The van der Waals surface area contributed by atoms with Gasteiger partial charge in [-0.15, -0.1) is 12.4 Å². The number of ether oxygens (including phenoxy) is 2. The van der Waals surface area contributed by atoms with E-state index in [0.717, 1.165) is 26.2 Å². The maximum absolute atomic E-state index is 14.6. The van der Waals surface area contributed by atoms with Gasteiger partial charge in [0.15, 0.2) is 17.2 Å². The molecule has 0 bridgehead atoms. The van der Waals surface area contributed by atoms with E-state index in [1.165, 1.54) is 19.2 Å². The standard InChI is InChI=1S/C25H25F5N4O4.ClH/c1-11-17(13-4-5-15(26)18(27)20(13)37-3)21(38-24(11,2)25(28,29)30)22(35)33-16-6-7-32-19-14(16)10-34(23(19)36)12-8-31-9-12;/h4-7,11-12,17,21,31H,8-10H2,1-3H3,(H,32,33,35);1H/t11-,17-,21+,24+;/m0./s1. The van der Waals surface area contributed by atoms with Gasteiger partial charge in [-0.25, -0.2) is 4.39 Å². The zero-order chi connectivity index (χ0) is 27.6. The number of aromatic nitrogens is 1. The predicted molar refractivity (Wildman–Crippen MR) is 131 cm³/mol. The molecule has 2 fully saturated rings. The lowest BCUT2D eigenvalue weighted by atomic mass is 9.77. The Kier molecular flexibility index (Phi) is 7.56. The fourth-order valence-electron chi connectivity index (χ4n) is 5.36. The summed E-state index contributed by atoms with van der Waals surface area (Å²) in [6, 6.07) is 3.28. The minimum absolute atomic E-state index is 0. The average Bonchev–Trinajstić information content (AvgIpc) is 3.30. The summed E-state index contributed by atoms with van der Waals surface area (Å²) in [5.41, 5.74) is -2.12. The molecule has 39 heavy (non-hydrogen) atoms. The van der Waals surface area contributed by atoms with Gasteiger partial charge in [-0.1, -0.05) is 13.0 Å². The van der Waals surface area contributed by atoms with Crippen LogP contribution in [0.4, 0.5) is 27.6 Å². The lowest BCUT2D eigenvalue weighted by Gasteiger charge is -2.35. The third-order valence-corrected chi connectivity index (χ3v) is 7.88. The van der Waals surface area contributed by atoms with Crippen LogP contribution in [0.2, 0.25) is 0 Å². The Morgan fingerprint density at radius 2 is 1.95 bits per heavy atom. The molecule has 8 nitrogen and oxygen atoms in total. The number of methoxy groups -OCH3 is 1. The molecule has 2 N–H and O–H groups in total. The van der Waals surface area contributed by atoms with Crippen molar-refractivity contribution in [2.75, 3.05) is 25.5 Å². The number of nitrogens with one attached hydrogen (secondary N) is 2. The van der Waals surface area contributed by atoms with Crippen LogP contribution in [0.5, 0.6) is 5.75 Å². The molecule has 5 rings (SSSR count). The number of benzene rings is 1.